The highest BCUT2D eigenvalue weighted by Crippen LogP contribution is 2.21. The fourth-order valence-electron chi connectivity index (χ4n) is 1.79. The summed E-state index contributed by atoms with van der Waals surface area (Å²) in [6, 6.07) is 4.94. The van der Waals surface area contributed by atoms with Gasteiger partial charge in [0.25, 0.3) is 0 Å². The molecule has 4 nitrogen and oxygen atoms in total. The Morgan fingerprint density at radius 1 is 1.38 bits per heavy atom. The largest absolute Gasteiger partial charge is 0.352 e. The predicted molar refractivity (Wildman–Crippen MR) is 54.9 cm³/mol. The highest BCUT2D eigenvalue weighted by molar-refractivity contribution is 5.85. The Kier molecular flexibility index (Phi) is 2.85. The third-order valence-electron chi connectivity index (χ3n) is 2.57. The van der Waals surface area contributed by atoms with Gasteiger partial charge in [-0.3, -0.25) is 9.59 Å². The van der Waals surface area contributed by atoms with Gasteiger partial charge in [-0.25, -0.2) is 4.39 Å². The lowest BCUT2D eigenvalue weighted by atomic mass is 10.0. The number of halogens is 1. The van der Waals surface area contributed by atoms with Crippen molar-refractivity contribution >= 4 is 12.3 Å². The van der Waals surface area contributed by atoms with Crippen molar-refractivity contribution in [2.24, 2.45) is 0 Å². The Bertz CT molecular complexity index is 405. The number of amides is 2. The fourth-order valence-corrected chi connectivity index (χ4v) is 1.79. The summed E-state index contributed by atoms with van der Waals surface area (Å²) in [6.45, 7) is 0.923. The van der Waals surface area contributed by atoms with Gasteiger partial charge in [-0.15, -0.1) is 0 Å². The molecule has 0 bridgehead atoms. The van der Waals surface area contributed by atoms with E-state index in [2.05, 4.69) is 5.32 Å². The zero-order valence-electron chi connectivity index (χ0n) is 8.52. The highest BCUT2D eigenvalue weighted by atomic mass is 19.1. The standard InChI is InChI=1S/C11H11FN2O2/c12-9-3-1-8(2-4-9)10-11(16)13-5-6-14(10)7-15/h1-4,7,10H,5-6H2,(H,13,16). The summed E-state index contributed by atoms with van der Waals surface area (Å²) in [6.07, 6.45) is 0.646. The van der Waals surface area contributed by atoms with E-state index in [-0.39, 0.29) is 11.7 Å². The number of carbonyl (C=O) groups is 2. The molecule has 2 amide bonds. The molecule has 1 heterocycles. The first kappa shape index (κ1) is 10.6. The van der Waals surface area contributed by atoms with Gasteiger partial charge in [-0.05, 0) is 17.7 Å². The molecule has 0 aliphatic carbocycles. The van der Waals surface area contributed by atoms with Crippen molar-refractivity contribution in [3.63, 3.8) is 0 Å². The van der Waals surface area contributed by atoms with Crippen LogP contribution < -0.4 is 5.32 Å². The van der Waals surface area contributed by atoms with Gasteiger partial charge in [0.2, 0.25) is 12.3 Å². The van der Waals surface area contributed by atoms with Crippen molar-refractivity contribution in [3.05, 3.63) is 35.6 Å². The van der Waals surface area contributed by atoms with E-state index in [1.165, 1.54) is 29.2 Å². The smallest absolute Gasteiger partial charge is 0.247 e. The van der Waals surface area contributed by atoms with Crippen molar-refractivity contribution in [1.82, 2.24) is 10.2 Å². The number of piperazine rings is 1. The molecule has 1 aliphatic rings. The summed E-state index contributed by atoms with van der Waals surface area (Å²) >= 11 is 0. The van der Waals surface area contributed by atoms with E-state index in [0.29, 0.717) is 25.1 Å². The average molecular weight is 222 g/mol. The molecule has 1 unspecified atom stereocenters. The lowest BCUT2D eigenvalue weighted by Gasteiger charge is -2.32. The van der Waals surface area contributed by atoms with E-state index < -0.39 is 6.04 Å². The molecule has 0 saturated carbocycles. The van der Waals surface area contributed by atoms with Crippen LogP contribution in [0.2, 0.25) is 0 Å². The molecule has 16 heavy (non-hydrogen) atoms. The van der Waals surface area contributed by atoms with Crippen LogP contribution in [0, 0.1) is 5.82 Å². The molecule has 0 radical (unpaired) electrons. The SMILES string of the molecule is O=CN1CCNC(=O)C1c1ccc(F)cc1. The number of nitrogens with one attached hydrogen (secondary N) is 1. The predicted octanol–water partition coefficient (Wildman–Crippen LogP) is 0.455. The Morgan fingerprint density at radius 2 is 2.06 bits per heavy atom. The van der Waals surface area contributed by atoms with E-state index in [4.69, 9.17) is 0 Å². The average Bonchev–Trinajstić information content (AvgIpc) is 2.30. The van der Waals surface area contributed by atoms with Gasteiger partial charge < -0.3 is 10.2 Å². The maximum atomic E-state index is 12.7. The molecule has 5 heteroatoms. The quantitative estimate of drug-likeness (QED) is 0.739. The van der Waals surface area contributed by atoms with Crippen LogP contribution in [0.25, 0.3) is 0 Å². The molecule has 1 aliphatic heterocycles. The minimum atomic E-state index is -0.646. The van der Waals surface area contributed by atoms with Crippen molar-refractivity contribution in [2.45, 2.75) is 6.04 Å². The first-order valence-electron chi connectivity index (χ1n) is 4.96. The number of hydrogen-bond donors (Lipinski definition) is 1. The van der Waals surface area contributed by atoms with Gasteiger partial charge >= 0.3 is 0 Å². The molecule has 1 aromatic rings. The van der Waals surface area contributed by atoms with Crippen LogP contribution in [0.3, 0.4) is 0 Å². The first-order chi connectivity index (χ1) is 7.72. The second-order valence-electron chi connectivity index (χ2n) is 3.59. The summed E-state index contributed by atoms with van der Waals surface area (Å²) in [5, 5.41) is 2.68. The van der Waals surface area contributed by atoms with E-state index in [1.807, 2.05) is 0 Å². The van der Waals surface area contributed by atoms with Crippen LogP contribution in [-0.2, 0) is 9.59 Å². The van der Waals surface area contributed by atoms with Crippen molar-refractivity contribution in [2.75, 3.05) is 13.1 Å². The lowest BCUT2D eigenvalue weighted by Crippen LogP contribution is -2.49. The summed E-state index contributed by atoms with van der Waals surface area (Å²) < 4.78 is 12.7. The maximum absolute atomic E-state index is 12.7. The Labute approximate surface area is 92.0 Å². The molecule has 1 N–H and O–H groups in total. The number of hydrogen-bond acceptors (Lipinski definition) is 2. The van der Waals surface area contributed by atoms with Gasteiger partial charge in [0.05, 0.1) is 0 Å². The minimum Gasteiger partial charge on any atom is -0.352 e. The zero-order chi connectivity index (χ0) is 11.5. The van der Waals surface area contributed by atoms with E-state index in [9.17, 15) is 14.0 Å². The van der Waals surface area contributed by atoms with Gasteiger partial charge in [-0.2, -0.15) is 0 Å². The molecule has 84 valence electrons. The topological polar surface area (TPSA) is 49.4 Å². The second-order valence-corrected chi connectivity index (χ2v) is 3.59. The highest BCUT2D eigenvalue weighted by Gasteiger charge is 2.29. The fraction of sp³-hybridized carbons (Fsp3) is 0.273. The van der Waals surface area contributed by atoms with Crippen LogP contribution in [0.15, 0.2) is 24.3 Å². The number of carbonyl (C=O) groups excluding carboxylic acids is 2. The molecular formula is C11H11FN2O2. The van der Waals surface area contributed by atoms with Crippen LogP contribution in [0.1, 0.15) is 11.6 Å². The van der Waals surface area contributed by atoms with Gasteiger partial charge in [-0.1, -0.05) is 12.1 Å². The second kappa shape index (κ2) is 4.30. The molecule has 1 saturated heterocycles. The third kappa shape index (κ3) is 1.88. The molecular weight excluding hydrogens is 211 g/mol. The molecule has 1 atom stereocenters. The number of nitrogens with zero attached hydrogens (tertiary/aromatic N) is 1. The molecule has 1 fully saturated rings. The molecule has 1 aromatic carbocycles. The Balaban J connectivity index is 2.31. The molecule has 0 spiro atoms. The lowest BCUT2D eigenvalue weighted by molar-refractivity contribution is -0.136. The summed E-state index contributed by atoms with van der Waals surface area (Å²) in [5.41, 5.74) is 0.616. The van der Waals surface area contributed by atoms with Gasteiger partial charge in [0, 0.05) is 13.1 Å². The Morgan fingerprint density at radius 3 is 2.69 bits per heavy atom. The van der Waals surface area contributed by atoms with Crippen LogP contribution in [-0.4, -0.2) is 30.3 Å². The third-order valence-corrected chi connectivity index (χ3v) is 2.57. The van der Waals surface area contributed by atoms with Gasteiger partial charge in [0.15, 0.2) is 0 Å². The number of rotatable bonds is 2. The zero-order valence-corrected chi connectivity index (χ0v) is 8.52. The summed E-state index contributed by atoms with van der Waals surface area (Å²) in [7, 11) is 0. The van der Waals surface area contributed by atoms with E-state index >= 15 is 0 Å². The van der Waals surface area contributed by atoms with Crippen LogP contribution in [0.5, 0.6) is 0 Å². The maximum Gasteiger partial charge on any atom is 0.247 e. The van der Waals surface area contributed by atoms with Crippen molar-refractivity contribution < 1.29 is 14.0 Å². The van der Waals surface area contributed by atoms with E-state index in [0.717, 1.165) is 0 Å². The Hall–Kier alpha value is -1.91. The molecule has 0 aromatic heterocycles. The first-order valence-corrected chi connectivity index (χ1v) is 4.96. The van der Waals surface area contributed by atoms with Gasteiger partial charge in [0.1, 0.15) is 11.9 Å². The monoisotopic (exact) mass is 222 g/mol. The van der Waals surface area contributed by atoms with Crippen LogP contribution in [0.4, 0.5) is 4.39 Å². The minimum absolute atomic E-state index is 0.232. The van der Waals surface area contributed by atoms with E-state index in [1.54, 1.807) is 0 Å². The number of benzene rings is 1. The van der Waals surface area contributed by atoms with Crippen LogP contribution >= 0.6 is 0 Å². The molecule has 2 rings (SSSR count). The normalized spacial score (nSPS) is 20.4. The van der Waals surface area contributed by atoms with Crippen molar-refractivity contribution in [1.29, 1.82) is 0 Å². The van der Waals surface area contributed by atoms with Crippen molar-refractivity contribution in [3.8, 4) is 0 Å². The summed E-state index contributed by atoms with van der Waals surface area (Å²) in [4.78, 5) is 23.9. The summed E-state index contributed by atoms with van der Waals surface area (Å²) in [5.74, 6) is -0.595.